The smallest absolute Gasteiger partial charge is 0.0562 e. The highest BCUT2D eigenvalue weighted by atomic mass is 32.2. The monoisotopic (exact) mass is 257 g/mol. The topological polar surface area (TPSA) is 26.0 Å². The molecule has 0 bridgehead atoms. The minimum Gasteiger partial charge on any atom is -0.320 e. The number of hydrogen-bond acceptors (Lipinski definition) is 2. The van der Waals surface area contributed by atoms with E-state index in [1.54, 1.807) is 11.8 Å². The van der Waals surface area contributed by atoms with Crippen molar-refractivity contribution in [3.63, 3.8) is 0 Å². The molecule has 2 aromatic rings. The second-order valence-electron chi connectivity index (χ2n) is 4.32. The van der Waals surface area contributed by atoms with Crippen LogP contribution in [0.5, 0.6) is 0 Å². The Kier molecular flexibility index (Phi) is 4.45. The lowest BCUT2D eigenvalue weighted by molar-refractivity contribution is 0.845. The van der Waals surface area contributed by atoms with E-state index >= 15 is 0 Å². The summed E-state index contributed by atoms with van der Waals surface area (Å²) in [7, 11) is 0. The zero-order valence-corrected chi connectivity index (χ0v) is 11.7. The highest BCUT2D eigenvalue weighted by Crippen LogP contribution is 2.28. The van der Waals surface area contributed by atoms with Gasteiger partial charge in [-0.25, -0.2) is 0 Å². The summed E-state index contributed by atoms with van der Waals surface area (Å²) in [5.41, 5.74) is 10.1. The van der Waals surface area contributed by atoms with Gasteiger partial charge in [-0.3, -0.25) is 0 Å². The summed E-state index contributed by atoms with van der Waals surface area (Å²) in [6.45, 7) is 2.17. The third-order valence-corrected chi connectivity index (χ3v) is 4.00. The van der Waals surface area contributed by atoms with E-state index < -0.39 is 0 Å². The van der Waals surface area contributed by atoms with Crippen LogP contribution >= 0.6 is 11.8 Å². The maximum atomic E-state index is 6.40. The molecule has 94 valence electrons. The molecule has 0 aromatic heterocycles. The number of hydrogen-bond donors (Lipinski definition) is 1. The van der Waals surface area contributed by atoms with Crippen molar-refractivity contribution in [3.8, 4) is 0 Å². The average molecular weight is 257 g/mol. The van der Waals surface area contributed by atoms with Crippen LogP contribution in [0.4, 0.5) is 0 Å². The van der Waals surface area contributed by atoms with Crippen LogP contribution in [-0.4, -0.2) is 6.26 Å². The molecule has 2 rings (SSSR count). The molecule has 0 spiro atoms. The Morgan fingerprint density at radius 2 is 1.89 bits per heavy atom. The summed E-state index contributed by atoms with van der Waals surface area (Å²) in [5, 5.41) is 0. The van der Waals surface area contributed by atoms with Crippen molar-refractivity contribution in [1.29, 1.82) is 0 Å². The molecule has 0 aliphatic rings. The van der Waals surface area contributed by atoms with E-state index in [-0.39, 0.29) is 6.04 Å². The first-order valence-corrected chi connectivity index (χ1v) is 7.46. The average Bonchev–Trinajstić information content (AvgIpc) is 2.46. The first-order valence-electron chi connectivity index (χ1n) is 6.23. The molecule has 0 amide bonds. The Morgan fingerprint density at radius 3 is 2.61 bits per heavy atom. The number of thioether (sulfide) groups is 1. The number of benzene rings is 2. The van der Waals surface area contributed by atoms with Crippen LogP contribution in [0.1, 0.15) is 29.7 Å². The Morgan fingerprint density at radius 1 is 1.11 bits per heavy atom. The van der Waals surface area contributed by atoms with Gasteiger partial charge in [0, 0.05) is 4.90 Å². The van der Waals surface area contributed by atoms with E-state index in [4.69, 9.17) is 5.73 Å². The third kappa shape index (κ3) is 2.77. The van der Waals surface area contributed by atoms with E-state index in [9.17, 15) is 0 Å². The van der Waals surface area contributed by atoms with Gasteiger partial charge in [0.05, 0.1) is 6.04 Å². The van der Waals surface area contributed by atoms with Gasteiger partial charge in [-0.05, 0) is 35.4 Å². The molecule has 18 heavy (non-hydrogen) atoms. The van der Waals surface area contributed by atoms with Crippen molar-refractivity contribution in [2.75, 3.05) is 6.26 Å². The van der Waals surface area contributed by atoms with Crippen molar-refractivity contribution in [2.45, 2.75) is 24.3 Å². The Balaban J connectivity index is 2.37. The van der Waals surface area contributed by atoms with E-state index in [1.807, 2.05) is 0 Å². The first-order chi connectivity index (χ1) is 8.76. The minimum atomic E-state index is -0.0415. The van der Waals surface area contributed by atoms with Crippen molar-refractivity contribution < 1.29 is 0 Å². The standard InChI is InChI=1S/C16H19NS/c1-3-12-7-6-8-13(11-12)16(17)14-9-4-5-10-15(14)18-2/h4-11,16H,3,17H2,1-2H3. The van der Waals surface area contributed by atoms with Crippen LogP contribution in [0, 0.1) is 0 Å². The first kappa shape index (κ1) is 13.2. The molecule has 2 N–H and O–H groups in total. The summed E-state index contributed by atoms with van der Waals surface area (Å²) in [6, 6.07) is 16.9. The predicted molar refractivity (Wildman–Crippen MR) is 80.1 cm³/mol. The van der Waals surface area contributed by atoms with Crippen LogP contribution in [0.25, 0.3) is 0 Å². The lowest BCUT2D eigenvalue weighted by atomic mass is 9.97. The lowest BCUT2D eigenvalue weighted by Crippen LogP contribution is -2.13. The van der Waals surface area contributed by atoms with Crippen LogP contribution in [0.2, 0.25) is 0 Å². The molecule has 0 aliphatic carbocycles. The zero-order valence-electron chi connectivity index (χ0n) is 10.9. The molecular weight excluding hydrogens is 238 g/mol. The van der Waals surface area contributed by atoms with Crippen molar-refractivity contribution in [3.05, 3.63) is 65.2 Å². The third-order valence-electron chi connectivity index (χ3n) is 3.19. The van der Waals surface area contributed by atoms with Gasteiger partial charge in [0.2, 0.25) is 0 Å². The zero-order chi connectivity index (χ0) is 13.0. The summed E-state index contributed by atoms with van der Waals surface area (Å²) in [5.74, 6) is 0. The molecule has 1 nitrogen and oxygen atoms in total. The maximum absolute atomic E-state index is 6.40. The number of rotatable bonds is 4. The van der Waals surface area contributed by atoms with E-state index in [0.717, 1.165) is 6.42 Å². The molecule has 1 atom stereocenters. The Hall–Kier alpha value is -1.25. The largest absolute Gasteiger partial charge is 0.320 e. The molecule has 1 unspecified atom stereocenters. The molecule has 0 aliphatic heterocycles. The van der Waals surface area contributed by atoms with Gasteiger partial charge in [-0.15, -0.1) is 11.8 Å². The van der Waals surface area contributed by atoms with Gasteiger partial charge in [0.1, 0.15) is 0 Å². The molecule has 0 radical (unpaired) electrons. The van der Waals surface area contributed by atoms with Crippen molar-refractivity contribution >= 4 is 11.8 Å². The van der Waals surface area contributed by atoms with Gasteiger partial charge in [-0.2, -0.15) is 0 Å². The fourth-order valence-corrected chi connectivity index (χ4v) is 2.75. The second kappa shape index (κ2) is 6.07. The number of aryl methyl sites for hydroxylation is 1. The molecule has 0 saturated carbocycles. The van der Waals surface area contributed by atoms with Crippen LogP contribution in [0.3, 0.4) is 0 Å². The summed E-state index contributed by atoms with van der Waals surface area (Å²) >= 11 is 1.75. The van der Waals surface area contributed by atoms with Crippen molar-refractivity contribution in [1.82, 2.24) is 0 Å². The van der Waals surface area contributed by atoms with E-state index in [0.29, 0.717) is 0 Å². The predicted octanol–water partition coefficient (Wildman–Crippen LogP) is 4.02. The van der Waals surface area contributed by atoms with Gasteiger partial charge < -0.3 is 5.73 Å². The van der Waals surface area contributed by atoms with Crippen LogP contribution < -0.4 is 5.73 Å². The summed E-state index contributed by atoms with van der Waals surface area (Å²) in [6.07, 6.45) is 3.14. The van der Waals surface area contributed by atoms with E-state index in [1.165, 1.54) is 21.6 Å². The van der Waals surface area contributed by atoms with Gasteiger partial charge in [0.15, 0.2) is 0 Å². The highest BCUT2D eigenvalue weighted by Gasteiger charge is 2.12. The molecule has 2 heteroatoms. The SMILES string of the molecule is CCc1cccc(C(N)c2ccccc2SC)c1. The molecule has 0 heterocycles. The van der Waals surface area contributed by atoms with Crippen LogP contribution in [0.15, 0.2) is 53.4 Å². The summed E-state index contributed by atoms with van der Waals surface area (Å²) in [4.78, 5) is 1.26. The fourth-order valence-electron chi connectivity index (χ4n) is 2.11. The second-order valence-corrected chi connectivity index (χ2v) is 5.17. The van der Waals surface area contributed by atoms with Gasteiger partial charge in [0.25, 0.3) is 0 Å². The lowest BCUT2D eigenvalue weighted by Gasteiger charge is -2.16. The molecule has 0 saturated heterocycles. The molecular formula is C16H19NS. The fraction of sp³-hybridized carbons (Fsp3) is 0.250. The molecule has 2 aromatic carbocycles. The Bertz CT molecular complexity index is 522. The highest BCUT2D eigenvalue weighted by molar-refractivity contribution is 7.98. The quantitative estimate of drug-likeness (QED) is 0.837. The van der Waals surface area contributed by atoms with Crippen molar-refractivity contribution in [2.24, 2.45) is 5.73 Å². The molecule has 0 fully saturated rings. The Labute approximate surface area is 113 Å². The maximum Gasteiger partial charge on any atom is 0.0562 e. The summed E-state index contributed by atoms with van der Waals surface area (Å²) < 4.78 is 0. The number of nitrogens with two attached hydrogens (primary N) is 1. The normalized spacial score (nSPS) is 12.4. The van der Waals surface area contributed by atoms with Gasteiger partial charge >= 0.3 is 0 Å². The van der Waals surface area contributed by atoms with Gasteiger partial charge in [-0.1, -0.05) is 49.4 Å². The van der Waals surface area contributed by atoms with E-state index in [2.05, 4.69) is 61.7 Å². The minimum absolute atomic E-state index is 0.0415. The van der Waals surface area contributed by atoms with Crippen LogP contribution in [-0.2, 0) is 6.42 Å².